The van der Waals surface area contributed by atoms with Gasteiger partial charge in [-0.2, -0.15) is 0 Å². The van der Waals surface area contributed by atoms with Crippen LogP contribution in [0.2, 0.25) is 5.02 Å². The molecule has 0 radical (unpaired) electrons. The van der Waals surface area contributed by atoms with Gasteiger partial charge in [0.2, 0.25) is 5.91 Å². The first-order chi connectivity index (χ1) is 10.5. The van der Waals surface area contributed by atoms with Crippen LogP contribution in [0.5, 0.6) is 0 Å². The Labute approximate surface area is 133 Å². The van der Waals surface area contributed by atoms with Crippen LogP contribution in [-0.2, 0) is 11.2 Å². The summed E-state index contributed by atoms with van der Waals surface area (Å²) in [6, 6.07) is 12.3. The average molecular weight is 315 g/mol. The summed E-state index contributed by atoms with van der Waals surface area (Å²) >= 11 is 5.82. The number of halogens is 1. The molecular formula is C17H15ClN2O2. The average Bonchev–Trinajstić information content (AvgIpc) is 2.52. The maximum Gasteiger partial charge on any atom is 0.255 e. The summed E-state index contributed by atoms with van der Waals surface area (Å²) in [5.41, 5.74) is 3.17. The first-order valence-electron chi connectivity index (χ1n) is 7.01. The third kappa shape index (κ3) is 2.83. The number of fused-ring (bicyclic) bond motifs is 1. The molecule has 5 heteroatoms. The van der Waals surface area contributed by atoms with Gasteiger partial charge in [0, 0.05) is 35.4 Å². The molecule has 1 N–H and O–H groups in total. The van der Waals surface area contributed by atoms with E-state index >= 15 is 0 Å². The van der Waals surface area contributed by atoms with Crippen LogP contribution in [0.25, 0.3) is 0 Å². The molecule has 4 nitrogen and oxygen atoms in total. The normalized spacial score (nSPS) is 13.7. The van der Waals surface area contributed by atoms with Crippen molar-refractivity contribution in [2.75, 3.05) is 17.3 Å². The molecule has 1 aliphatic rings. The summed E-state index contributed by atoms with van der Waals surface area (Å²) in [7, 11) is 1.76. The molecule has 2 aromatic rings. The van der Waals surface area contributed by atoms with Crippen molar-refractivity contribution in [3.05, 3.63) is 58.6 Å². The van der Waals surface area contributed by atoms with Crippen LogP contribution in [-0.4, -0.2) is 18.9 Å². The van der Waals surface area contributed by atoms with Crippen molar-refractivity contribution in [3.63, 3.8) is 0 Å². The Kier molecular flexibility index (Phi) is 3.86. The van der Waals surface area contributed by atoms with Crippen molar-refractivity contribution in [1.29, 1.82) is 0 Å². The van der Waals surface area contributed by atoms with Crippen LogP contribution in [0.3, 0.4) is 0 Å². The highest BCUT2D eigenvalue weighted by atomic mass is 35.5. The number of anilines is 2. The van der Waals surface area contributed by atoms with Crippen molar-refractivity contribution < 1.29 is 9.59 Å². The van der Waals surface area contributed by atoms with Gasteiger partial charge in [-0.25, -0.2) is 0 Å². The molecule has 22 heavy (non-hydrogen) atoms. The minimum Gasteiger partial charge on any atom is -0.322 e. The van der Waals surface area contributed by atoms with Gasteiger partial charge < -0.3 is 10.2 Å². The molecule has 1 heterocycles. The van der Waals surface area contributed by atoms with Gasteiger partial charge in [-0.05, 0) is 48.4 Å². The first-order valence-corrected chi connectivity index (χ1v) is 7.39. The Morgan fingerprint density at radius 3 is 2.59 bits per heavy atom. The number of nitrogens with zero attached hydrogens (tertiary/aromatic N) is 1. The predicted molar refractivity (Wildman–Crippen MR) is 87.6 cm³/mol. The van der Waals surface area contributed by atoms with E-state index in [4.69, 9.17) is 11.6 Å². The van der Waals surface area contributed by atoms with E-state index in [2.05, 4.69) is 5.32 Å². The van der Waals surface area contributed by atoms with Crippen molar-refractivity contribution in [3.8, 4) is 0 Å². The molecule has 0 spiro atoms. The van der Waals surface area contributed by atoms with Crippen molar-refractivity contribution in [1.82, 2.24) is 0 Å². The van der Waals surface area contributed by atoms with Gasteiger partial charge in [-0.1, -0.05) is 17.7 Å². The SMILES string of the molecule is CN1C(=O)CCc2ccc(NC(=O)c3ccc(Cl)cc3)cc21. The highest BCUT2D eigenvalue weighted by molar-refractivity contribution is 6.30. The number of nitrogens with one attached hydrogen (secondary N) is 1. The van der Waals surface area contributed by atoms with E-state index in [1.807, 2.05) is 18.2 Å². The fourth-order valence-corrected chi connectivity index (χ4v) is 2.64. The second-order valence-corrected chi connectivity index (χ2v) is 5.69. The monoisotopic (exact) mass is 314 g/mol. The van der Waals surface area contributed by atoms with Crippen molar-refractivity contribution in [2.45, 2.75) is 12.8 Å². The number of rotatable bonds is 2. The molecule has 0 atom stereocenters. The zero-order valence-corrected chi connectivity index (χ0v) is 12.9. The third-order valence-electron chi connectivity index (χ3n) is 3.79. The number of hydrogen-bond acceptors (Lipinski definition) is 2. The smallest absolute Gasteiger partial charge is 0.255 e. The van der Waals surface area contributed by atoms with Gasteiger partial charge in [-0.15, -0.1) is 0 Å². The summed E-state index contributed by atoms with van der Waals surface area (Å²) in [6.45, 7) is 0. The Morgan fingerprint density at radius 2 is 1.86 bits per heavy atom. The van der Waals surface area contributed by atoms with E-state index in [0.29, 0.717) is 22.7 Å². The second kappa shape index (κ2) is 5.81. The van der Waals surface area contributed by atoms with Crippen LogP contribution >= 0.6 is 11.6 Å². The van der Waals surface area contributed by atoms with Crippen LogP contribution in [0.15, 0.2) is 42.5 Å². The number of benzene rings is 2. The van der Waals surface area contributed by atoms with Gasteiger partial charge in [0.15, 0.2) is 0 Å². The lowest BCUT2D eigenvalue weighted by Crippen LogP contribution is -2.31. The van der Waals surface area contributed by atoms with Gasteiger partial charge in [0.1, 0.15) is 0 Å². The standard InChI is InChI=1S/C17H15ClN2O2/c1-20-15-10-14(8-4-11(15)5-9-16(20)21)19-17(22)12-2-6-13(18)7-3-12/h2-4,6-8,10H,5,9H2,1H3,(H,19,22). The highest BCUT2D eigenvalue weighted by Crippen LogP contribution is 2.29. The van der Waals surface area contributed by atoms with E-state index in [9.17, 15) is 9.59 Å². The molecule has 3 rings (SSSR count). The number of carbonyl (C=O) groups is 2. The van der Waals surface area contributed by atoms with Gasteiger partial charge >= 0.3 is 0 Å². The molecule has 0 bridgehead atoms. The summed E-state index contributed by atoms with van der Waals surface area (Å²) in [5, 5.41) is 3.43. The second-order valence-electron chi connectivity index (χ2n) is 5.26. The molecule has 0 fully saturated rings. The molecule has 2 aromatic carbocycles. The van der Waals surface area contributed by atoms with E-state index in [0.717, 1.165) is 17.7 Å². The Bertz CT molecular complexity index is 741. The van der Waals surface area contributed by atoms with Crippen LogP contribution in [0.1, 0.15) is 22.3 Å². The molecule has 2 amide bonds. The summed E-state index contributed by atoms with van der Waals surface area (Å²) in [5.74, 6) is -0.116. The summed E-state index contributed by atoms with van der Waals surface area (Å²) in [6.07, 6.45) is 1.27. The van der Waals surface area contributed by atoms with Crippen molar-refractivity contribution in [2.24, 2.45) is 0 Å². The fourth-order valence-electron chi connectivity index (χ4n) is 2.51. The highest BCUT2D eigenvalue weighted by Gasteiger charge is 2.21. The Morgan fingerprint density at radius 1 is 1.14 bits per heavy atom. The van der Waals surface area contributed by atoms with Gasteiger partial charge in [-0.3, -0.25) is 9.59 Å². The lowest BCUT2D eigenvalue weighted by molar-refractivity contribution is -0.118. The molecule has 0 saturated carbocycles. The van der Waals surface area contributed by atoms with Gasteiger partial charge in [0.25, 0.3) is 5.91 Å². The summed E-state index contributed by atoms with van der Waals surface area (Å²) < 4.78 is 0. The van der Waals surface area contributed by atoms with Crippen LogP contribution in [0, 0.1) is 0 Å². The van der Waals surface area contributed by atoms with Crippen LogP contribution in [0.4, 0.5) is 11.4 Å². The number of carbonyl (C=O) groups excluding carboxylic acids is 2. The first kappa shape index (κ1) is 14.6. The molecule has 0 unspecified atom stereocenters. The lowest BCUT2D eigenvalue weighted by Gasteiger charge is -2.26. The third-order valence-corrected chi connectivity index (χ3v) is 4.05. The molecule has 112 valence electrons. The van der Waals surface area contributed by atoms with E-state index in [-0.39, 0.29) is 11.8 Å². The Hall–Kier alpha value is -2.33. The predicted octanol–water partition coefficient (Wildman–Crippen LogP) is 3.50. The van der Waals surface area contributed by atoms with E-state index < -0.39 is 0 Å². The zero-order valence-electron chi connectivity index (χ0n) is 12.1. The lowest BCUT2D eigenvalue weighted by atomic mass is 10.0. The molecule has 0 saturated heterocycles. The topological polar surface area (TPSA) is 49.4 Å². The van der Waals surface area contributed by atoms with E-state index in [1.54, 1.807) is 36.2 Å². The van der Waals surface area contributed by atoms with Crippen LogP contribution < -0.4 is 10.2 Å². The number of amides is 2. The minimum absolute atomic E-state index is 0.0914. The van der Waals surface area contributed by atoms with Crippen molar-refractivity contribution >= 4 is 34.8 Å². The minimum atomic E-state index is -0.207. The molecule has 0 aromatic heterocycles. The van der Waals surface area contributed by atoms with Gasteiger partial charge in [0.05, 0.1) is 0 Å². The molecule has 0 aliphatic carbocycles. The molecule has 1 aliphatic heterocycles. The zero-order chi connectivity index (χ0) is 15.7. The number of aryl methyl sites for hydroxylation is 1. The maximum absolute atomic E-state index is 12.2. The largest absolute Gasteiger partial charge is 0.322 e. The maximum atomic E-state index is 12.2. The Balaban J connectivity index is 1.83. The number of hydrogen-bond donors (Lipinski definition) is 1. The molecular weight excluding hydrogens is 300 g/mol. The fraction of sp³-hybridized carbons (Fsp3) is 0.176. The quantitative estimate of drug-likeness (QED) is 0.922. The van der Waals surface area contributed by atoms with E-state index in [1.165, 1.54) is 0 Å². The summed E-state index contributed by atoms with van der Waals surface area (Å²) in [4.78, 5) is 25.6.